The Morgan fingerprint density at radius 2 is 0.742 bits per heavy atom. The Bertz CT molecular complexity index is 2410. The second-order valence-corrected chi connectivity index (χ2v) is 25.7. The van der Waals surface area contributed by atoms with Crippen molar-refractivity contribution in [2.24, 2.45) is 41.2 Å². The van der Waals surface area contributed by atoms with Crippen LogP contribution in [0.15, 0.2) is 0 Å². The highest BCUT2D eigenvalue weighted by Crippen LogP contribution is 2.14. The molecule has 0 aliphatic heterocycles. The first-order valence-corrected chi connectivity index (χ1v) is 31.6. The van der Waals surface area contributed by atoms with Gasteiger partial charge in [-0.1, -0.05) is 83.1 Å². The molecular weight excluding hydrogens is 1180 g/mol. The highest BCUT2D eigenvalue weighted by atomic mass is 32.2. The summed E-state index contributed by atoms with van der Waals surface area (Å²) in [6.07, 6.45) is -0.434. The van der Waals surface area contributed by atoms with E-state index >= 15 is 0 Å². The number of thioether (sulfide) groups is 1. The molecule has 0 rings (SSSR count). The zero-order chi connectivity index (χ0) is 68.7. The summed E-state index contributed by atoms with van der Waals surface area (Å²) in [5, 5.41) is 59.6. The standard InChI is InChI=1S/C58H103N13O17S/c1-27(2)21-36(59)49(78)60-25-42(73)62-33(13)48(77)70-46(32(11)12)56(85)71-47(35(15)72)57(86)68-41(24-30(7)8)54(83)67-40(23-29(5)6)53(82)66-39(22-28(3)4)52(81)64-37(17-18-44(75)76)50(79)61-26-43(74)69-45(31(9)10)55(84)65-38(19-20-89-16)51(80)63-34(14)58(87)88/h27-41,45-47,72H,17-26,59H2,1-16H3,(H,60,78)(H,61,79)(H,62,73)(H,63,80)(H,64,81)(H,65,84)(H,66,82)(H,67,83)(H,68,86)(H,69,74)(H,70,77)(H,71,85)(H,75,76)(H,87,88)/t33-,34-,35+,36-,37-,38-,39-,40-,41-,45-,46-,47-/m0/s1. The number of hydrogen-bond acceptors (Lipinski definition) is 17. The first-order chi connectivity index (χ1) is 41.2. The van der Waals surface area contributed by atoms with Gasteiger partial charge in [0.05, 0.1) is 25.2 Å². The number of carboxylic acids is 2. The summed E-state index contributed by atoms with van der Waals surface area (Å²) in [5.74, 6) is -14.1. The van der Waals surface area contributed by atoms with Gasteiger partial charge < -0.3 is 84.9 Å². The lowest BCUT2D eigenvalue weighted by molar-refractivity contribution is -0.142. The number of aliphatic carboxylic acids is 2. The number of aliphatic hydroxyl groups is 1. The highest BCUT2D eigenvalue weighted by molar-refractivity contribution is 7.98. The van der Waals surface area contributed by atoms with Gasteiger partial charge in [-0.2, -0.15) is 11.8 Å². The Morgan fingerprint density at radius 3 is 1.16 bits per heavy atom. The normalized spacial score (nSPS) is 15.5. The maximum atomic E-state index is 14.3. The summed E-state index contributed by atoms with van der Waals surface area (Å²) in [7, 11) is 0. The van der Waals surface area contributed by atoms with Crippen molar-refractivity contribution in [2.45, 2.75) is 221 Å². The van der Waals surface area contributed by atoms with Crippen molar-refractivity contribution in [3.05, 3.63) is 0 Å². The second kappa shape index (κ2) is 41.2. The molecule has 0 aromatic carbocycles. The molecule has 0 saturated heterocycles. The average molecular weight is 1290 g/mol. The van der Waals surface area contributed by atoms with Gasteiger partial charge in [0.25, 0.3) is 0 Å². The fourth-order valence-electron chi connectivity index (χ4n) is 8.65. The summed E-state index contributed by atoms with van der Waals surface area (Å²) >= 11 is 1.37. The molecule has 17 N–H and O–H groups in total. The molecule has 0 heterocycles. The van der Waals surface area contributed by atoms with E-state index in [1.807, 2.05) is 13.8 Å². The Labute approximate surface area is 526 Å². The lowest BCUT2D eigenvalue weighted by Gasteiger charge is -2.30. The van der Waals surface area contributed by atoms with Crippen molar-refractivity contribution in [2.75, 3.05) is 25.1 Å². The van der Waals surface area contributed by atoms with Gasteiger partial charge in [-0.25, -0.2) is 0 Å². The molecule has 12 amide bonds. The van der Waals surface area contributed by atoms with Crippen molar-refractivity contribution in [1.29, 1.82) is 0 Å². The summed E-state index contributed by atoms with van der Waals surface area (Å²) in [6.45, 7) is 23.2. The van der Waals surface area contributed by atoms with Crippen LogP contribution in [0.4, 0.5) is 0 Å². The largest absolute Gasteiger partial charge is 0.481 e. The Balaban J connectivity index is 6.45. The third kappa shape index (κ3) is 32.8. The van der Waals surface area contributed by atoms with Gasteiger partial charge in [-0.05, 0) is 107 Å². The minimum Gasteiger partial charge on any atom is -0.481 e. The lowest BCUT2D eigenvalue weighted by Crippen LogP contribution is -2.62. The fourth-order valence-corrected chi connectivity index (χ4v) is 9.12. The maximum absolute atomic E-state index is 14.3. The molecule has 0 unspecified atom stereocenters. The number of amides is 12. The Kier molecular flexibility index (Phi) is 37.9. The average Bonchev–Trinajstić information content (AvgIpc) is 2.60. The zero-order valence-corrected chi connectivity index (χ0v) is 55.3. The Hall–Kier alpha value is -7.15. The van der Waals surface area contributed by atoms with Crippen LogP contribution < -0.4 is 69.5 Å². The first-order valence-electron chi connectivity index (χ1n) is 30.2. The zero-order valence-electron chi connectivity index (χ0n) is 54.5. The molecule has 0 aliphatic rings. The van der Waals surface area contributed by atoms with Crippen molar-refractivity contribution in [3.8, 4) is 0 Å². The van der Waals surface area contributed by atoms with Gasteiger partial charge in [0.15, 0.2) is 0 Å². The third-order valence-corrected chi connectivity index (χ3v) is 14.2. The first kappa shape index (κ1) is 81.8. The topological polar surface area (TPSA) is 470 Å². The van der Waals surface area contributed by atoms with Crippen LogP contribution in [0.2, 0.25) is 0 Å². The summed E-state index contributed by atoms with van der Waals surface area (Å²) < 4.78 is 0. The quantitative estimate of drug-likeness (QED) is 0.0315. The van der Waals surface area contributed by atoms with Gasteiger partial charge in [0.2, 0.25) is 70.9 Å². The second-order valence-electron chi connectivity index (χ2n) is 24.7. The molecule has 0 aromatic heterocycles. The van der Waals surface area contributed by atoms with E-state index in [-0.39, 0.29) is 49.4 Å². The van der Waals surface area contributed by atoms with Gasteiger partial charge in [-0.3, -0.25) is 67.1 Å². The van der Waals surface area contributed by atoms with Crippen LogP contribution in [0.25, 0.3) is 0 Å². The molecule has 0 fully saturated rings. The number of nitrogens with two attached hydrogens (primary N) is 1. The molecule has 0 bridgehead atoms. The van der Waals surface area contributed by atoms with Gasteiger partial charge in [-0.15, -0.1) is 0 Å². The van der Waals surface area contributed by atoms with Crippen LogP contribution in [0.5, 0.6) is 0 Å². The maximum Gasteiger partial charge on any atom is 0.325 e. The van der Waals surface area contributed by atoms with E-state index in [2.05, 4.69) is 63.8 Å². The SMILES string of the molecule is CSCC[C@H](NC(=O)[C@@H](NC(=O)CNC(=O)[C@H](CCC(=O)O)NC(=O)[C@H](CC(C)C)NC(=O)[C@H](CC(C)C)NC(=O)[C@H](CC(C)C)NC(=O)[C@@H](NC(=O)[C@@H](NC(=O)[C@H](C)NC(=O)CNC(=O)[C@@H](N)CC(C)C)C(C)C)[C@@H](C)O)C(C)C)C(=O)N[C@@H](C)C(=O)O. The smallest absolute Gasteiger partial charge is 0.325 e. The molecule has 31 heteroatoms. The number of carboxylic acid groups (broad SMARTS) is 2. The number of hydrogen-bond donors (Lipinski definition) is 16. The molecule has 0 aromatic rings. The van der Waals surface area contributed by atoms with Crippen LogP contribution >= 0.6 is 11.8 Å². The van der Waals surface area contributed by atoms with Crippen molar-refractivity contribution >= 4 is 94.6 Å². The highest BCUT2D eigenvalue weighted by Gasteiger charge is 2.37. The predicted octanol–water partition coefficient (Wildman–Crippen LogP) is -1.99. The van der Waals surface area contributed by atoms with Crippen LogP contribution in [-0.4, -0.2) is 196 Å². The van der Waals surface area contributed by atoms with Crippen LogP contribution in [-0.2, 0) is 67.1 Å². The van der Waals surface area contributed by atoms with Crippen molar-refractivity contribution in [1.82, 2.24) is 63.8 Å². The van der Waals surface area contributed by atoms with E-state index in [0.717, 1.165) is 0 Å². The fraction of sp³-hybridized carbons (Fsp3) is 0.759. The van der Waals surface area contributed by atoms with Gasteiger partial charge in [0, 0.05) is 6.42 Å². The summed E-state index contributed by atoms with van der Waals surface area (Å²) in [6, 6.07) is -14.4. The van der Waals surface area contributed by atoms with E-state index in [0.29, 0.717) is 12.2 Å². The van der Waals surface area contributed by atoms with Crippen molar-refractivity contribution < 1.29 is 82.4 Å². The third-order valence-electron chi connectivity index (χ3n) is 13.5. The molecule has 30 nitrogen and oxygen atoms in total. The lowest BCUT2D eigenvalue weighted by atomic mass is 9.98. The van der Waals surface area contributed by atoms with Crippen LogP contribution in [0.1, 0.15) is 149 Å². The van der Waals surface area contributed by atoms with Crippen molar-refractivity contribution in [3.63, 3.8) is 0 Å². The van der Waals surface area contributed by atoms with Gasteiger partial charge in [0.1, 0.15) is 60.4 Å². The van der Waals surface area contributed by atoms with E-state index in [4.69, 9.17) is 5.73 Å². The number of rotatable bonds is 42. The van der Waals surface area contributed by atoms with Crippen LogP contribution in [0, 0.1) is 35.5 Å². The van der Waals surface area contributed by atoms with Crippen LogP contribution in [0.3, 0.4) is 0 Å². The molecule has 89 heavy (non-hydrogen) atoms. The molecule has 0 spiro atoms. The summed E-state index contributed by atoms with van der Waals surface area (Å²) in [4.78, 5) is 185. The number of carbonyl (C=O) groups is 14. The Morgan fingerprint density at radius 1 is 0.382 bits per heavy atom. The minimum absolute atomic E-state index is 0.00163. The molecule has 0 aliphatic carbocycles. The summed E-state index contributed by atoms with van der Waals surface area (Å²) in [5.41, 5.74) is 5.87. The van der Waals surface area contributed by atoms with Gasteiger partial charge >= 0.3 is 11.9 Å². The molecule has 0 saturated carbocycles. The number of carbonyl (C=O) groups excluding carboxylic acids is 12. The van der Waals surface area contributed by atoms with E-state index in [9.17, 15) is 82.4 Å². The number of nitrogens with one attached hydrogen (secondary N) is 12. The van der Waals surface area contributed by atoms with E-state index in [1.165, 1.54) is 32.5 Å². The number of aliphatic hydroxyl groups excluding tert-OH is 1. The monoisotopic (exact) mass is 1290 g/mol. The molecule has 0 radical (unpaired) electrons. The minimum atomic E-state index is -1.70. The van der Waals surface area contributed by atoms with E-state index < -0.39 is 193 Å². The molecule has 508 valence electrons. The van der Waals surface area contributed by atoms with E-state index in [1.54, 1.807) is 75.5 Å². The molecular formula is C58H103N13O17S. The molecule has 12 atom stereocenters. The predicted molar refractivity (Wildman–Crippen MR) is 331 cm³/mol.